The quantitative estimate of drug-likeness (QED) is 0.388. The minimum atomic E-state index is -3.62. The van der Waals surface area contributed by atoms with Crippen molar-refractivity contribution >= 4 is 10.0 Å². The van der Waals surface area contributed by atoms with E-state index in [0.717, 1.165) is 22.6 Å². The van der Waals surface area contributed by atoms with Gasteiger partial charge < -0.3 is 4.98 Å². The number of imidazole rings is 1. The van der Waals surface area contributed by atoms with Crippen molar-refractivity contribution < 1.29 is 8.42 Å². The van der Waals surface area contributed by atoms with Gasteiger partial charge in [0.25, 0.3) is 0 Å². The molecule has 0 spiro atoms. The molecule has 0 aliphatic heterocycles. The van der Waals surface area contributed by atoms with Gasteiger partial charge in [0, 0.05) is 45.3 Å². The van der Waals surface area contributed by atoms with Crippen LogP contribution in [0.25, 0.3) is 0 Å². The molecule has 4 rings (SSSR count). The zero-order valence-electron chi connectivity index (χ0n) is 18.5. The van der Waals surface area contributed by atoms with Gasteiger partial charge in [-0.3, -0.25) is 9.88 Å². The van der Waals surface area contributed by atoms with Crippen LogP contribution in [0.1, 0.15) is 22.6 Å². The van der Waals surface area contributed by atoms with Crippen LogP contribution in [0.15, 0.2) is 96.3 Å². The number of rotatable bonds is 10. The first-order valence-corrected chi connectivity index (χ1v) is 12.1. The van der Waals surface area contributed by atoms with Gasteiger partial charge in [0.05, 0.1) is 17.1 Å². The van der Waals surface area contributed by atoms with Crippen molar-refractivity contribution in [1.29, 1.82) is 0 Å². The summed E-state index contributed by atoms with van der Waals surface area (Å²) in [5.41, 5.74) is 2.79. The lowest BCUT2D eigenvalue weighted by atomic mass is 10.2. The number of hydrogen-bond donors (Lipinski definition) is 1. The number of nitrogens with one attached hydrogen (secondary N) is 1. The van der Waals surface area contributed by atoms with Crippen LogP contribution in [0.4, 0.5) is 0 Å². The fraction of sp³-hybridized carbons (Fsp3) is 0.200. The van der Waals surface area contributed by atoms with E-state index < -0.39 is 10.0 Å². The molecule has 0 radical (unpaired) electrons. The van der Waals surface area contributed by atoms with Crippen molar-refractivity contribution in [3.05, 3.63) is 114 Å². The Balaban J connectivity index is 1.53. The summed E-state index contributed by atoms with van der Waals surface area (Å²) in [5.74, 6) is 0.845. The number of benzene rings is 2. The number of sulfonamides is 1. The van der Waals surface area contributed by atoms with Crippen molar-refractivity contribution in [1.82, 2.24) is 24.2 Å². The highest BCUT2D eigenvalue weighted by molar-refractivity contribution is 7.89. The van der Waals surface area contributed by atoms with E-state index >= 15 is 0 Å². The van der Waals surface area contributed by atoms with Gasteiger partial charge in [0.2, 0.25) is 10.0 Å². The first-order chi connectivity index (χ1) is 16.0. The molecular formula is C25H27N5O2S. The highest BCUT2D eigenvalue weighted by Crippen LogP contribution is 2.20. The third kappa shape index (κ3) is 6.13. The monoisotopic (exact) mass is 461 g/mol. The lowest BCUT2D eigenvalue weighted by Crippen LogP contribution is -2.27. The summed E-state index contributed by atoms with van der Waals surface area (Å²) in [6.07, 6.45) is 5.30. The van der Waals surface area contributed by atoms with Crippen LogP contribution in [0.2, 0.25) is 0 Å². The highest BCUT2D eigenvalue weighted by Gasteiger charge is 2.21. The Hall–Kier alpha value is -3.33. The van der Waals surface area contributed by atoms with E-state index in [9.17, 15) is 8.42 Å². The molecule has 4 aromatic rings. The maximum atomic E-state index is 13.2. The van der Waals surface area contributed by atoms with Crippen molar-refractivity contribution in [2.24, 2.45) is 0 Å². The molecule has 2 aromatic heterocycles. The second-order valence-electron chi connectivity index (χ2n) is 7.90. The zero-order chi connectivity index (χ0) is 23.1. The van der Waals surface area contributed by atoms with Crippen LogP contribution in [0.3, 0.4) is 0 Å². The molecule has 7 nitrogen and oxygen atoms in total. The SMILES string of the molecule is CN(Cc1ccccc1)S(=O)(=O)c1cccc(CN(Cc2ccccn2)Cc2ncc[nH]2)c1. The van der Waals surface area contributed by atoms with Crippen LogP contribution in [-0.2, 0) is 36.2 Å². The molecule has 2 aromatic carbocycles. The predicted molar refractivity (Wildman–Crippen MR) is 127 cm³/mol. The van der Waals surface area contributed by atoms with E-state index in [1.54, 1.807) is 43.8 Å². The molecule has 0 unspecified atom stereocenters. The number of hydrogen-bond acceptors (Lipinski definition) is 5. The number of pyridine rings is 1. The molecule has 0 saturated heterocycles. The summed E-state index contributed by atoms with van der Waals surface area (Å²) in [6.45, 7) is 2.08. The average Bonchev–Trinajstić information content (AvgIpc) is 3.33. The number of nitrogens with zero attached hydrogens (tertiary/aromatic N) is 4. The van der Waals surface area contributed by atoms with E-state index in [0.29, 0.717) is 26.2 Å². The standard InChI is InChI=1S/C25H27N5O2S/c1-29(17-21-8-3-2-4-9-21)33(31,32)24-12-7-10-22(16-24)18-30(20-25-27-14-15-28-25)19-23-11-5-6-13-26-23/h2-16H,17-20H2,1H3,(H,27,28). The van der Waals surface area contributed by atoms with Gasteiger partial charge in [-0.25, -0.2) is 13.4 Å². The third-order valence-electron chi connectivity index (χ3n) is 5.30. The summed E-state index contributed by atoms with van der Waals surface area (Å²) in [4.78, 5) is 14.4. The Kier molecular flexibility index (Phi) is 7.29. The molecule has 170 valence electrons. The Bertz CT molecular complexity index is 1250. The second kappa shape index (κ2) is 10.5. The fourth-order valence-corrected chi connectivity index (χ4v) is 4.88. The van der Waals surface area contributed by atoms with Crippen LogP contribution in [0, 0.1) is 0 Å². The van der Waals surface area contributed by atoms with Gasteiger partial charge in [-0.15, -0.1) is 0 Å². The molecule has 0 aliphatic rings. The van der Waals surface area contributed by atoms with Crippen LogP contribution in [0.5, 0.6) is 0 Å². The lowest BCUT2D eigenvalue weighted by Gasteiger charge is -2.22. The number of aromatic nitrogens is 3. The number of H-pyrrole nitrogens is 1. The summed E-state index contributed by atoms with van der Waals surface area (Å²) >= 11 is 0. The van der Waals surface area contributed by atoms with Gasteiger partial charge in [-0.1, -0.05) is 48.5 Å². The first-order valence-electron chi connectivity index (χ1n) is 10.7. The fourth-order valence-electron chi connectivity index (χ4n) is 3.65. The number of aromatic amines is 1. The molecule has 0 fully saturated rings. The van der Waals surface area contributed by atoms with Crippen molar-refractivity contribution in [3.8, 4) is 0 Å². The maximum Gasteiger partial charge on any atom is 0.243 e. The summed E-state index contributed by atoms with van der Waals surface area (Å²) < 4.78 is 27.8. The van der Waals surface area contributed by atoms with Crippen LogP contribution >= 0.6 is 0 Å². The lowest BCUT2D eigenvalue weighted by molar-refractivity contribution is 0.239. The highest BCUT2D eigenvalue weighted by atomic mass is 32.2. The summed E-state index contributed by atoms with van der Waals surface area (Å²) in [5, 5.41) is 0. The third-order valence-corrected chi connectivity index (χ3v) is 7.10. The van der Waals surface area contributed by atoms with Crippen LogP contribution in [-0.4, -0.2) is 39.6 Å². The van der Waals surface area contributed by atoms with Crippen molar-refractivity contribution in [2.45, 2.75) is 31.1 Å². The molecule has 2 heterocycles. The van der Waals surface area contributed by atoms with Gasteiger partial charge in [0.15, 0.2) is 0 Å². The van der Waals surface area contributed by atoms with E-state index in [1.165, 1.54) is 4.31 Å². The molecule has 0 amide bonds. The van der Waals surface area contributed by atoms with Gasteiger partial charge in [-0.2, -0.15) is 4.31 Å². The van der Waals surface area contributed by atoms with Crippen LogP contribution < -0.4 is 0 Å². The summed E-state index contributed by atoms with van der Waals surface area (Å²) in [6, 6.07) is 22.6. The van der Waals surface area contributed by atoms with E-state index in [1.807, 2.05) is 54.6 Å². The maximum absolute atomic E-state index is 13.2. The largest absolute Gasteiger partial charge is 0.348 e. The minimum absolute atomic E-state index is 0.286. The molecule has 0 aliphatic carbocycles. The van der Waals surface area contributed by atoms with Gasteiger partial charge in [-0.05, 0) is 35.4 Å². The van der Waals surface area contributed by atoms with E-state index in [-0.39, 0.29) is 4.90 Å². The molecule has 33 heavy (non-hydrogen) atoms. The molecule has 1 N–H and O–H groups in total. The Morgan fingerprint density at radius 2 is 1.58 bits per heavy atom. The smallest absolute Gasteiger partial charge is 0.243 e. The second-order valence-corrected chi connectivity index (χ2v) is 9.94. The predicted octanol–water partition coefficient (Wildman–Crippen LogP) is 3.83. The van der Waals surface area contributed by atoms with E-state index in [4.69, 9.17) is 0 Å². The van der Waals surface area contributed by atoms with Gasteiger partial charge >= 0.3 is 0 Å². The Labute approximate surface area is 194 Å². The topological polar surface area (TPSA) is 82.2 Å². The van der Waals surface area contributed by atoms with Crippen molar-refractivity contribution in [2.75, 3.05) is 7.05 Å². The normalized spacial score (nSPS) is 11.8. The first kappa shape index (κ1) is 22.8. The zero-order valence-corrected chi connectivity index (χ0v) is 19.3. The average molecular weight is 462 g/mol. The molecule has 0 atom stereocenters. The minimum Gasteiger partial charge on any atom is -0.348 e. The molecule has 8 heteroatoms. The summed E-state index contributed by atoms with van der Waals surface area (Å²) in [7, 11) is -2.01. The Morgan fingerprint density at radius 3 is 2.30 bits per heavy atom. The molecule has 0 bridgehead atoms. The molecular weight excluding hydrogens is 434 g/mol. The van der Waals surface area contributed by atoms with E-state index in [2.05, 4.69) is 19.9 Å². The molecule has 0 saturated carbocycles. The van der Waals surface area contributed by atoms with Gasteiger partial charge in [0.1, 0.15) is 5.82 Å². The van der Waals surface area contributed by atoms with Crippen molar-refractivity contribution in [3.63, 3.8) is 0 Å². The Morgan fingerprint density at radius 1 is 0.788 bits per heavy atom.